The van der Waals surface area contributed by atoms with Crippen molar-refractivity contribution in [2.75, 3.05) is 11.9 Å². The summed E-state index contributed by atoms with van der Waals surface area (Å²) in [6, 6.07) is 6.96. The molecule has 0 saturated heterocycles. The van der Waals surface area contributed by atoms with Crippen molar-refractivity contribution in [3.8, 4) is 5.75 Å². The predicted octanol–water partition coefficient (Wildman–Crippen LogP) is 2.73. The molecular formula is C19H24N4O4. The smallest absolute Gasteiger partial charge is 0.319 e. The van der Waals surface area contributed by atoms with E-state index in [9.17, 15) is 9.59 Å². The molecule has 0 spiro atoms. The Morgan fingerprint density at radius 3 is 2.70 bits per heavy atom. The maximum absolute atomic E-state index is 12.3. The lowest BCUT2D eigenvalue weighted by Crippen LogP contribution is -2.41. The number of rotatable bonds is 7. The van der Waals surface area contributed by atoms with E-state index in [1.54, 1.807) is 18.6 Å². The second-order valence-corrected chi connectivity index (χ2v) is 6.63. The van der Waals surface area contributed by atoms with Crippen molar-refractivity contribution in [2.24, 2.45) is 5.92 Å². The minimum absolute atomic E-state index is 0.00470. The van der Waals surface area contributed by atoms with Crippen molar-refractivity contribution in [3.63, 3.8) is 0 Å². The van der Waals surface area contributed by atoms with Gasteiger partial charge in [0, 0.05) is 18.4 Å². The SMILES string of the molecule is O=C(Nc1ccccc1OCCn1ccnc1)NC1CCC(C(=O)O)CC1. The van der Waals surface area contributed by atoms with Crippen LogP contribution in [0.15, 0.2) is 43.0 Å². The van der Waals surface area contributed by atoms with Crippen LogP contribution in [0.3, 0.4) is 0 Å². The third-order valence-corrected chi connectivity index (χ3v) is 4.71. The maximum Gasteiger partial charge on any atom is 0.319 e. The van der Waals surface area contributed by atoms with Gasteiger partial charge in [-0.25, -0.2) is 9.78 Å². The summed E-state index contributed by atoms with van der Waals surface area (Å²) in [4.78, 5) is 27.3. The summed E-state index contributed by atoms with van der Waals surface area (Å²) in [6.07, 6.45) is 7.83. The van der Waals surface area contributed by atoms with E-state index >= 15 is 0 Å². The molecule has 1 aliphatic rings. The molecule has 2 amide bonds. The molecule has 8 nitrogen and oxygen atoms in total. The Kier molecular flexibility index (Phi) is 6.30. The lowest BCUT2D eigenvalue weighted by Gasteiger charge is -2.27. The third kappa shape index (κ3) is 5.47. The number of amides is 2. The fourth-order valence-corrected chi connectivity index (χ4v) is 3.20. The molecule has 27 heavy (non-hydrogen) atoms. The molecule has 3 N–H and O–H groups in total. The van der Waals surface area contributed by atoms with Crippen molar-refractivity contribution in [3.05, 3.63) is 43.0 Å². The Morgan fingerprint density at radius 2 is 2.00 bits per heavy atom. The van der Waals surface area contributed by atoms with E-state index in [2.05, 4.69) is 15.6 Å². The molecule has 8 heteroatoms. The van der Waals surface area contributed by atoms with Crippen LogP contribution in [0.2, 0.25) is 0 Å². The number of carbonyl (C=O) groups is 2. The third-order valence-electron chi connectivity index (χ3n) is 4.71. The number of anilines is 1. The van der Waals surface area contributed by atoms with Gasteiger partial charge in [0.2, 0.25) is 0 Å². The number of carboxylic acids is 1. The molecule has 1 heterocycles. The normalized spacial score (nSPS) is 19.3. The van der Waals surface area contributed by atoms with Gasteiger partial charge in [-0.2, -0.15) is 0 Å². The number of nitrogens with zero attached hydrogens (tertiary/aromatic N) is 2. The number of imidazole rings is 1. The zero-order valence-corrected chi connectivity index (χ0v) is 15.0. The molecule has 0 radical (unpaired) electrons. The van der Waals surface area contributed by atoms with Crippen LogP contribution in [0.4, 0.5) is 10.5 Å². The molecule has 3 rings (SSSR count). The number of nitrogens with one attached hydrogen (secondary N) is 2. The number of para-hydroxylation sites is 2. The Hall–Kier alpha value is -3.03. The predicted molar refractivity (Wildman–Crippen MR) is 99.7 cm³/mol. The van der Waals surface area contributed by atoms with Crippen LogP contribution in [-0.2, 0) is 11.3 Å². The van der Waals surface area contributed by atoms with E-state index in [4.69, 9.17) is 9.84 Å². The number of aliphatic carboxylic acids is 1. The van der Waals surface area contributed by atoms with E-state index in [0.29, 0.717) is 50.3 Å². The quantitative estimate of drug-likeness (QED) is 0.693. The summed E-state index contributed by atoms with van der Waals surface area (Å²) in [6.45, 7) is 1.11. The number of benzene rings is 1. The fourth-order valence-electron chi connectivity index (χ4n) is 3.20. The molecule has 0 bridgehead atoms. The highest BCUT2D eigenvalue weighted by Crippen LogP contribution is 2.26. The van der Waals surface area contributed by atoms with Crippen LogP contribution < -0.4 is 15.4 Å². The average molecular weight is 372 g/mol. The first kappa shape index (κ1) is 18.8. The molecule has 0 atom stereocenters. The molecule has 0 aliphatic heterocycles. The second kappa shape index (κ2) is 9.07. The minimum atomic E-state index is -0.750. The summed E-state index contributed by atoms with van der Waals surface area (Å²) in [7, 11) is 0. The van der Waals surface area contributed by atoms with Gasteiger partial charge in [0.25, 0.3) is 0 Å². The number of urea groups is 1. The summed E-state index contributed by atoms with van der Waals surface area (Å²) < 4.78 is 7.70. The second-order valence-electron chi connectivity index (χ2n) is 6.63. The maximum atomic E-state index is 12.3. The molecule has 144 valence electrons. The Morgan fingerprint density at radius 1 is 1.22 bits per heavy atom. The lowest BCUT2D eigenvalue weighted by atomic mass is 9.86. The molecule has 1 aromatic carbocycles. The van der Waals surface area contributed by atoms with Crippen molar-refractivity contribution >= 4 is 17.7 Å². The number of aromatic nitrogens is 2. The first-order valence-corrected chi connectivity index (χ1v) is 9.09. The average Bonchev–Trinajstić information content (AvgIpc) is 3.17. The summed E-state index contributed by atoms with van der Waals surface area (Å²) in [5.74, 6) is -0.447. The van der Waals surface area contributed by atoms with Crippen LogP contribution in [0.1, 0.15) is 25.7 Å². The standard InChI is InChI=1S/C19H24N4O4/c24-18(25)14-5-7-15(8-6-14)21-19(26)22-16-3-1-2-4-17(16)27-12-11-23-10-9-20-13-23/h1-4,9-10,13-15H,5-8,11-12H2,(H,24,25)(H2,21,22,26). The molecule has 2 aromatic rings. The largest absolute Gasteiger partial charge is 0.490 e. The first-order chi connectivity index (χ1) is 13.1. The number of hydrogen-bond donors (Lipinski definition) is 3. The van der Waals surface area contributed by atoms with Crippen LogP contribution >= 0.6 is 0 Å². The van der Waals surface area contributed by atoms with E-state index < -0.39 is 5.97 Å². The van der Waals surface area contributed by atoms with Gasteiger partial charge in [0.15, 0.2) is 0 Å². The van der Waals surface area contributed by atoms with Gasteiger partial charge in [0.05, 0.1) is 24.5 Å². The Labute approximate surface area is 157 Å². The van der Waals surface area contributed by atoms with Crippen molar-refractivity contribution in [2.45, 2.75) is 38.3 Å². The fraction of sp³-hybridized carbons (Fsp3) is 0.421. The highest BCUT2D eigenvalue weighted by molar-refractivity contribution is 5.91. The molecule has 1 saturated carbocycles. The molecule has 1 fully saturated rings. The van der Waals surface area contributed by atoms with Crippen LogP contribution in [0.5, 0.6) is 5.75 Å². The molecule has 0 unspecified atom stereocenters. The molecule has 1 aromatic heterocycles. The Balaban J connectivity index is 1.48. The highest BCUT2D eigenvalue weighted by Gasteiger charge is 2.26. The topological polar surface area (TPSA) is 105 Å². The van der Waals surface area contributed by atoms with E-state index in [0.717, 1.165) is 0 Å². The Bertz CT molecular complexity index is 755. The van der Waals surface area contributed by atoms with Gasteiger partial charge >= 0.3 is 12.0 Å². The number of hydrogen-bond acceptors (Lipinski definition) is 4. The van der Waals surface area contributed by atoms with Crippen molar-refractivity contribution in [1.82, 2.24) is 14.9 Å². The summed E-state index contributed by atoms with van der Waals surface area (Å²) >= 11 is 0. The van der Waals surface area contributed by atoms with Gasteiger partial charge in [0.1, 0.15) is 12.4 Å². The zero-order valence-electron chi connectivity index (χ0n) is 15.0. The van der Waals surface area contributed by atoms with Gasteiger partial charge in [-0.1, -0.05) is 12.1 Å². The van der Waals surface area contributed by atoms with Gasteiger partial charge < -0.3 is 25.0 Å². The molecular weight excluding hydrogens is 348 g/mol. The highest BCUT2D eigenvalue weighted by atomic mass is 16.5. The van der Waals surface area contributed by atoms with Gasteiger partial charge in [-0.05, 0) is 37.8 Å². The van der Waals surface area contributed by atoms with Gasteiger partial charge in [-0.15, -0.1) is 0 Å². The zero-order chi connectivity index (χ0) is 19.1. The number of ether oxygens (including phenoxy) is 1. The number of carboxylic acid groups (broad SMARTS) is 1. The van der Waals surface area contributed by atoms with Crippen molar-refractivity contribution in [1.29, 1.82) is 0 Å². The number of carbonyl (C=O) groups excluding carboxylic acids is 1. The van der Waals surface area contributed by atoms with E-state index in [-0.39, 0.29) is 18.0 Å². The van der Waals surface area contributed by atoms with Crippen molar-refractivity contribution < 1.29 is 19.4 Å². The van der Waals surface area contributed by atoms with Crippen LogP contribution in [-0.4, -0.2) is 39.3 Å². The van der Waals surface area contributed by atoms with E-state index in [1.807, 2.05) is 29.0 Å². The lowest BCUT2D eigenvalue weighted by molar-refractivity contribution is -0.142. The van der Waals surface area contributed by atoms with Gasteiger partial charge in [-0.3, -0.25) is 4.79 Å². The summed E-state index contributed by atoms with van der Waals surface area (Å²) in [5, 5.41) is 14.8. The summed E-state index contributed by atoms with van der Waals surface area (Å²) in [5.41, 5.74) is 0.597. The first-order valence-electron chi connectivity index (χ1n) is 9.09. The molecule has 1 aliphatic carbocycles. The monoisotopic (exact) mass is 372 g/mol. The van der Waals surface area contributed by atoms with Crippen LogP contribution in [0, 0.1) is 5.92 Å². The minimum Gasteiger partial charge on any atom is -0.490 e. The van der Waals surface area contributed by atoms with Crippen LogP contribution in [0.25, 0.3) is 0 Å². The van der Waals surface area contributed by atoms with E-state index in [1.165, 1.54) is 0 Å².